The fourth-order valence-electron chi connectivity index (χ4n) is 4.15. The lowest BCUT2D eigenvalue weighted by Crippen LogP contribution is -2.25. The highest BCUT2D eigenvalue weighted by Gasteiger charge is 2.21. The molecule has 1 aromatic heterocycles. The summed E-state index contributed by atoms with van der Waals surface area (Å²) in [5, 5.41) is 5.08. The van der Waals surface area contributed by atoms with Crippen LogP contribution in [0.25, 0.3) is 0 Å². The molecule has 9 heteroatoms. The SMILES string of the molecule is Clc1ccccc1COc1cccc(/C=N\Nc2nc(N3CCCC3)nc(N3CCCC3)n2)c1. The zero-order valence-corrected chi connectivity index (χ0v) is 19.8. The fourth-order valence-corrected chi connectivity index (χ4v) is 4.34. The van der Waals surface area contributed by atoms with Gasteiger partial charge >= 0.3 is 0 Å². The van der Waals surface area contributed by atoms with Gasteiger partial charge in [0.2, 0.25) is 17.8 Å². The molecule has 0 spiro atoms. The van der Waals surface area contributed by atoms with Crippen molar-refractivity contribution in [2.45, 2.75) is 32.3 Å². The molecule has 0 atom stereocenters. The number of hydrogen-bond donors (Lipinski definition) is 1. The minimum absolute atomic E-state index is 0.405. The van der Waals surface area contributed by atoms with Gasteiger partial charge in [-0.05, 0) is 49.4 Å². The summed E-state index contributed by atoms with van der Waals surface area (Å²) < 4.78 is 5.91. The van der Waals surface area contributed by atoms with Crippen molar-refractivity contribution < 1.29 is 4.74 Å². The first-order valence-corrected chi connectivity index (χ1v) is 12.1. The van der Waals surface area contributed by atoms with E-state index in [1.807, 2.05) is 48.5 Å². The molecule has 8 nitrogen and oxygen atoms in total. The highest BCUT2D eigenvalue weighted by molar-refractivity contribution is 6.31. The summed E-state index contributed by atoms with van der Waals surface area (Å²) in [7, 11) is 0. The zero-order chi connectivity index (χ0) is 23.2. The van der Waals surface area contributed by atoms with Crippen LogP contribution in [0.2, 0.25) is 5.02 Å². The van der Waals surface area contributed by atoms with Gasteiger partial charge in [0.05, 0.1) is 6.21 Å². The number of ether oxygens (including phenoxy) is 1. The van der Waals surface area contributed by atoms with Gasteiger partial charge in [0.25, 0.3) is 0 Å². The Bertz CT molecular complexity index is 1110. The summed E-state index contributed by atoms with van der Waals surface area (Å²) in [6.45, 7) is 4.32. The van der Waals surface area contributed by atoms with Crippen LogP contribution in [-0.4, -0.2) is 47.3 Å². The summed E-state index contributed by atoms with van der Waals surface area (Å²) in [6.07, 6.45) is 6.40. The molecule has 0 saturated carbocycles. The lowest BCUT2D eigenvalue weighted by molar-refractivity contribution is 0.306. The lowest BCUT2D eigenvalue weighted by Gasteiger charge is -2.20. The molecule has 0 aliphatic carbocycles. The Balaban J connectivity index is 1.27. The Hall–Kier alpha value is -3.39. The molecule has 2 saturated heterocycles. The van der Waals surface area contributed by atoms with E-state index in [2.05, 4.69) is 30.3 Å². The van der Waals surface area contributed by atoms with Gasteiger partial charge in [-0.1, -0.05) is 41.9 Å². The van der Waals surface area contributed by atoms with Crippen molar-refractivity contribution in [1.29, 1.82) is 0 Å². The van der Waals surface area contributed by atoms with Crippen molar-refractivity contribution in [3.05, 3.63) is 64.7 Å². The van der Waals surface area contributed by atoms with Crippen LogP contribution in [0.4, 0.5) is 17.8 Å². The molecule has 3 aromatic rings. The van der Waals surface area contributed by atoms with Crippen LogP contribution in [0.15, 0.2) is 53.6 Å². The molecule has 2 aliphatic rings. The smallest absolute Gasteiger partial charge is 0.250 e. The molecule has 34 heavy (non-hydrogen) atoms. The van der Waals surface area contributed by atoms with E-state index in [1.165, 1.54) is 25.7 Å². The molecule has 0 radical (unpaired) electrons. The van der Waals surface area contributed by atoms with E-state index >= 15 is 0 Å². The second-order valence-corrected chi connectivity index (χ2v) is 8.88. The molecule has 2 aromatic carbocycles. The van der Waals surface area contributed by atoms with Gasteiger partial charge in [0, 0.05) is 36.8 Å². The standard InChI is InChI=1S/C25H28ClN7O/c26-22-11-2-1-9-20(22)18-34-21-10-7-8-19(16-21)17-27-31-23-28-24(32-12-3-4-13-32)30-25(29-23)33-14-5-6-15-33/h1-2,7-11,16-17H,3-6,12-15,18H2,(H,28,29,30,31)/b27-17-. The van der Waals surface area contributed by atoms with Gasteiger partial charge in [-0.2, -0.15) is 20.1 Å². The Labute approximate surface area is 204 Å². The Kier molecular flexibility index (Phi) is 7.05. The monoisotopic (exact) mass is 477 g/mol. The minimum Gasteiger partial charge on any atom is -0.489 e. The van der Waals surface area contributed by atoms with Crippen molar-refractivity contribution >= 4 is 35.7 Å². The molecule has 1 N–H and O–H groups in total. The second-order valence-electron chi connectivity index (χ2n) is 8.47. The fraction of sp³-hybridized carbons (Fsp3) is 0.360. The van der Waals surface area contributed by atoms with Crippen LogP contribution >= 0.6 is 11.6 Å². The van der Waals surface area contributed by atoms with Crippen LogP contribution in [0.5, 0.6) is 5.75 Å². The lowest BCUT2D eigenvalue weighted by atomic mass is 10.2. The first-order valence-electron chi connectivity index (χ1n) is 11.8. The number of halogens is 1. The molecule has 0 bridgehead atoms. The van der Waals surface area contributed by atoms with Crippen molar-refractivity contribution in [3.63, 3.8) is 0 Å². The summed E-state index contributed by atoms with van der Waals surface area (Å²) >= 11 is 6.22. The molecular formula is C25H28ClN7O. The maximum absolute atomic E-state index is 6.22. The minimum atomic E-state index is 0.405. The average Bonchev–Trinajstić information content (AvgIpc) is 3.59. The number of hydrazone groups is 1. The van der Waals surface area contributed by atoms with Crippen LogP contribution < -0.4 is 20.0 Å². The van der Waals surface area contributed by atoms with Gasteiger partial charge in [-0.3, -0.25) is 0 Å². The van der Waals surface area contributed by atoms with E-state index in [-0.39, 0.29) is 0 Å². The van der Waals surface area contributed by atoms with Crippen LogP contribution in [0.1, 0.15) is 36.8 Å². The third-order valence-corrected chi connectivity index (χ3v) is 6.35. The first-order chi connectivity index (χ1) is 16.7. The number of nitrogens with one attached hydrogen (secondary N) is 1. The predicted molar refractivity (Wildman–Crippen MR) is 136 cm³/mol. The molecule has 176 valence electrons. The summed E-state index contributed by atoms with van der Waals surface area (Å²) in [5.41, 5.74) is 4.85. The maximum atomic E-state index is 6.22. The Morgan fingerprint density at radius 3 is 2.24 bits per heavy atom. The molecule has 0 amide bonds. The van der Waals surface area contributed by atoms with E-state index in [4.69, 9.17) is 21.3 Å². The number of rotatable bonds is 8. The van der Waals surface area contributed by atoms with Gasteiger partial charge in [-0.25, -0.2) is 5.43 Å². The number of nitrogens with zero attached hydrogens (tertiary/aromatic N) is 6. The number of anilines is 3. The van der Waals surface area contributed by atoms with Gasteiger partial charge in [0.1, 0.15) is 12.4 Å². The quantitative estimate of drug-likeness (QED) is 0.370. The molecule has 0 unspecified atom stereocenters. The van der Waals surface area contributed by atoms with Crippen molar-refractivity contribution in [1.82, 2.24) is 15.0 Å². The molecule has 2 fully saturated rings. The van der Waals surface area contributed by atoms with E-state index in [0.717, 1.165) is 55.0 Å². The highest BCUT2D eigenvalue weighted by atomic mass is 35.5. The largest absolute Gasteiger partial charge is 0.489 e. The van der Waals surface area contributed by atoms with Crippen molar-refractivity contribution in [3.8, 4) is 5.75 Å². The predicted octanol–water partition coefficient (Wildman–Crippen LogP) is 4.75. The second kappa shape index (κ2) is 10.7. The zero-order valence-electron chi connectivity index (χ0n) is 19.0. The van der Waals surface area contributed by atoms with E-state index in [0.29, 0.717) is 17.6 Å². The van der Waals surface area contributed by atoms with Gasteiger partial charge in [0.15, 0.2) is 0 Å². The van der Waals surface area contributed by atoms with Crippen LogP contribution in [-0.2, 0) is 6.61 Å². The number of hydrogen-bond acceptors (Lipinski definition) is 8. The molecule has 2 aliphatic heterocycles. The third kappa shape index (κ3) is 5.56. The number of benzene rings is 2. The first kappa shape index (κ1) is 22.4. The molecule has 3 heterocycles. The normalized spacial score (nSPS) is 15.9. The van der Waals surface area contributed by atoms with Crippen LogP contribution in [0, 0.1) is 0 Å². The number of aromatic nitrogens is 3. The maximum Gasteiger partial charge on any atom is 0.250 e. The molecular weight excluding hydrogens is 450 g/mol. The Morgan fingerprint density at radius 1 is 0.882 bits per heavy atom. The van der Waals surface area contributed by atoms with Gasteiger partial charge < -0.3 is 14.5 Å². The van der Waals surface area contributed by atoms with E-state index < -0.39 is 0 Å². The van der Waals surface area contributed by atoms with Crippen molar-refractivity contribution in [2.75, 3.05) is 41.4 Å². The topological polar surface area (TPSA) is 78.8 Å². The highest BCUT2D eigenvalue weighted by Crippen LogP contribution is 2.23. The summed E-state index contributed by atoms with van der Waals surface area (Å²) in [5.74, 6) is 2.65. The third-order valence-electron chi connectivity index (χ3n) is 5.98. The van der Waals surface area contributed by atoms with Crippen molar-refractivity contribution in [2.24, 2.45) is 5.10 Å². The summed E-state index contributed by atoms with van der Waals surface area (Å²) in [4.78, 5) is 18.4. The Morgan fingerprint density at radius 2 is 1.56 bits per heavy atom. The van der Waals surface area contributed by atoms with Gasteiger partial charge in [-0.15, -0.1) is 0 Å². The summed E-state index contributed by atoms with van der Waals surface area (Å²) in [6, 6.07) is 15.4. The van der Waals surface area contributed by atoms with E-state index in [1.54, 1.807) is 6.21 Å². The molecule has 5 rings (SSSR count). The van der Waals surface area contributed by atoms with E-state index in [9.17, 15) is 0 Å². The average molecular weight is 478 g/mol. The van der Waals surface area contributed by atoms with Crippen LogP contribution in [0.3, 0.4) is 0 Å².